The van der Waals surface area contributed by atoms with Crippen LogP contribution in [0.5, 0.6) is 0 Å². The third kappa shape index (κ3) is 3.95. The van der Waals surface area contributed by atoms with Crippen molar-refractivity contribution in [1.82, 2.24) is 14.3 Å². The quantitative estimate of drug-likeness (QED) is 0.854. The van der Waals surface area contributed by atoms with Crippen LogP contribution in [0.3, 0.4) is 0 Å². The van der Waals surface area contributed by atoms with Gasteiger partial charge in [0, 0.05) is 50.7 Å². The van der Waals surface area contributed by atoms with Crippen LogP contribution in [-0.2, 0) is 11.2 Å². The molecule has 1 saturated heterocycles. The molecule has 2 aliphatic rings. The van der Waals surface area contributed by atoms with Crippen LogP contribution in [0.25, 0.3) is 0 Å². The fourth-order valence-corrected chi connectivity index (χ4v) is 3.67. The Morgan fingerprint density at radius 1 is 1.33 bits per heavy atom. The van der Waals surface area contributed by atoms with E-state index in [4.69, 9.17) is 4.74 Å². The Morgan fingerprint density at radius 2 is 2.29 bits per heavy atom. The van der Waals surface area contributed by atoms with Gasteiger partial charge in [0.25, 0.3) is 0 Å². The average Bonchev–Trinajstić information content (AvgIpc) is 2.89. The highest BCUT2D eigenvalue weighted by molar-refractivity contribution is 7.09. The van der Waals surface area contributed by atoms with Gasteiger partial charge in [-0.05, 0) is 25.3 Å². The normalized spacial score (nSPS) is 23.9. The third-order valence-corrected chi connectivity index (χ3v) is 4.93. The molecule has 0 unspecified atom stereocenters. The number of hydrogen-bond acceptors (Lipinski definition) is 6. The zero-order chi connectivity index (χ0) is 14.5. The first-order valence-electron chi connectivity index (χ1n) is 7.95. The van der Waals surface area contributed by atoms with E-state index in [2.05, 4.69) is 32.2 Å². The molecule has 21 heavy (non-hydrogen) atoms. The van der Waals surface area contributed by atoms with Gasteiger partial charge in [0.15, 0.2) is 0 Å². The molecule has 0 spiro atoms. The second-order valence-corrected chi connectivity index (χ2v) is 6.43. The molecule has 5 nitrogen and oxygen atoms in total. The molecule has 0 aromatic carbocycles. The maximum Gasteiger partial charge on any atom is 0.205 e. The number of anilines is 1. The maximum absolute atomic E-state index is 5.69. The molecule has 1 aromatic heterocycles. The van der Waals surface area contributed by atoms with E-state index in [1.807, 2.05) is 6.26 Å². The lowest BCUT2D eigenvalue weighted by atomic mass is 10.1. The molecule has 0 saturated carbocycles. The molecule has 3 rings (SSSR count). The maximum atomic E-state index is 5.69. The summed E-state index contributed by atoms with van der Waals surface area (Å²) in [7, 11) is 0. The molecule has 6 heteroatoms. The highest BCUT2D eigenvalue weighted by Gasteiger charge is 2.21. The zero-order valence-corrected chi connectivity index (χ0v) is 13.5. The highest BCUT2D eigenvalue weighted by Crippen LogP contribution is 2.20. The number of hydrogen-bond donors (Lipinski definition) is 0. The lowest BCUT2D eigenvalue weighted by molar-refractivity contribution is 0.0815. The SMILES string of the molecule is CCc1nsc(N2CCCN(C[C@H]3CCC=CO3)CC2)n1. The van der Waals surface area contributed by atoms with Crippen molar-refractivity contribution < 1.29 is 4.74 Å². The van der Waals surface area contributed by atoms with Crippen molar-refractivity contribution in [2.45, 2.75) is 38.7 Å². The summed E-state index contributed by atoms with van der Waals surface area (Å²) in [5, 5.41) is 1.09. The number of nitrogens with zero attached hydrogens (tertiary/aromatic N) is 4. The van der Waals surface area contributed by atoms with Gasteiger partial charge in [-0.3, -0.25) is 4.90 Å². The summed E-state index contributed by atoms with van der Waals surface area (Å²) in [6.45, 7) is 7.52. The zero-order valence-electron chi connectivity index (χ0n) is 12.7. The summed E-state index contributed by atoms with van der Waals surface area (Å²) >= 11 is 1.54. The van der Waals surface area contributed by atoms with E-state index in [0.29, 0.717) is 6.10 Å². The summed E-state index contributed by atoms with van der Waals surface area (Å²) in [4.78, 5) is 9.54. The minimum atomic E-state index is 0.370. The first kappa shape index (κ1) is 14.8. The Kier molecular flexibility index (Phi) is 5.08. The van der Waals surface area contributed by atoms with E-state index in [0.717, 1.165) is 62.9 Å². The van der Waals surface area contributed by atoms with Crippen LogP contribution in [0.1, 0.15) is 32.0 Å². The molecule has 0 aliphatic carbocycles. The molecule has 1 aromatic rings. The van der Waals surface area contributed by atoms with Gasteiger partial charge in [0.2, 0.25) is 5.13 Å². The van der Waals surface area contributed by atoms with E-state index in [1.54, 1.807) is 0 Å². The standard InChI is InChI=1S/C15H24N4OS/c1-2-14-16-15(21-17-14)19-8-5-7-18(9-10-19)12-13-6-3-4-11-20-13/h4,11,13H,2-3,5-10,12H2,1H3/t13-/m1/s1. The van der Waals surface area contributed by atoms with E-state index in [-0.39, 0.29) is 0 Å². The Hall–Kier alpha value is -1.14. The minimum absolute atomic E-state index is 0.370. The van der Waals surface area contributed by atoms with Gasteiger partial charge in [-0.1, -0.05) is 6.92 Å². The van der Waals surface area contributed by atoms with Crippen LogP contribution in [0.4, 0.5) is 5.13 Å². The number of allylic oxidation sites excluding steroid dienone is 1. The molecule has 0 bridgehead atoms. The first-order chi connectivity index (χ1) is 10.3. The Balaban J connectivity index is 1.52. The van der Waals surface area contributed by atoms with Crippen LogP contribution in [0.2, 0.25) is 0 Å². The van der Waals surface area contributed by atoms with Crippen LogP contribution in [0.15, 0.2) is 12.3 Å². The Labute approximate surface area is 130 Å². The fourth-order valence-electron chi connectivity index (χ4n) is 2.87. The Morgan fingerprint density at radius 3 is 3.05 bits per heavy atom. The van der Waals surface area contributed by atoms with Crippen molar-refractivity contribution in [3.05, 3.63) is 18.2 Å². The van der Waals surface area contributed by atoms with Gasteiger partial charge in [0.1, 0.15) is 11.9 Å². The number of ether oxygens (including phenoxy) is 1. The van der Waals surface area contributed by atoms with Gasteiger partial charge >= 0.3 is 0 Å². The van der Waals surface area contributed by atoms with Gasteiger partial charge in [0.05, 0.1) is 6.26 Å². The minimum Gasteiger partial charge on any atom is -0.497 e. The van der Waals surface area contributed by atoms with Crippen LogP contribution in [-0.4, -0.2) is 53.1 Å². The molecule has 0 N–H and O–H groups in total. The van der Waals surface area contributed by atoms with Crippen molar-refractivity contribution in [1.29, 1.82) is 0 Å². The smallest absolute Gasteiger partial charge is 0.205 e. The molecular weight excluding hydrogens is 284 g/mol. The predicted octanol–water partition coefficient (Wildman–Crippen LogP) is 2.31. The molecule has 116 valence electrons. The molecule has 0 radical (unpaired) electrons. The van der Waals surface area contributed by atoms with Crippen molar-refractivity contribution >= 4 is 16.7 Å². The molecule has 2 aliphatic heterocycles. The molecular formula is C15H24N4OS. The van der Waals surface area contributed by atoms with Crippen molar-refractivity contribution in [2.75, 3.05) is 37.6 Å². The van der Waals surface area contributed by atoms with Gasteiger partial charge < -0.3 is 9.64 Å². The fraction of sp³-hybridized carbons (Fsp3) is 0.733. The number of aromatic nitrogens is 2. The van der Waals surface area contributed by atoms with E-state index in [1.165, 1.54) is 18.0 Å². The van der Waals surface area contributed by atoms with Gasteiger partial charge in [-0.15, -0.1) is 0 Å². The highest BCUT2D eigenvalue weighted by atomic mass is 32.1. The number of rotatable bonds is 4. The first-order valence-corrected chi connectivity index (χ1v) is 8.73. The monoisotopic (exact) mass is 308 g/mol. The van der Waals surface area contributed by atoms with Gasteiger partial charge in [-0.2, -0.15) is 4.37 Å². The third-order valence-electron chi connectivity index (χ3n) is 4.12. The van der Waals surface area contributed by atoms with Crippen molar-refractivity contribution in [3.63, 3.8) is 0 Å². The number of aryl methyl sites for hydroxylation is 1. The second kappa shape index (κ2) is 7.22. The second-order valence-electron chi connectivity index (χ2n) is 5.70. The lowest BCUT2D eigenvalue weighted by Crippen LogP contribution is -2.37. The summed E-state index contributed by atoms with van der Waals surface area (Å²) in [6, 6.07) is 0. The summed E-state index contributed by atoms with van der Waals surface area (Å²) < 4.78 is 10.1. The topological polar surface area (TPSA) is 41.5 Å². The summed E-state index contributed by atoms with van der Waals surface area (Å²) in [5.74, 6) is 0.971. The molecule has 0 amide bonds. The largest absolute Gasteiger partial charge is 0.497 e. The van der Waals surface area contributed by atoms with E-state index < -0.39 is 0 Å². The predicted molar refractivity (Wildman–Crippen MR) is 85.8 cm³/mol. The average molecular weight is 308 g/mol. The molecule has 1 fully saturated rings. The van der Waals surface area contributed by atoms with E-state index in [9.17, 15) is 0 Å². The summed E-state index contributed by atoms with van der Waals surface area (Å²) in [6.07, 6.45) is 8.75. The van der Waals surface area contributed by atoms with E-state index >= 15 is 0 Å². The van der Waals surface area contributed by atoms with Crippen molar-refractivity contribution in [3.8, 4) is 0 Å². The lowest BCUT2D eigenvalue weighted by Gasteiger charge is -2.27. The molecule has 3 heterocycles. The van der Waals surface area contributed by atoms with Crippen molar-refractivity contribution in [2.24, 2.45) is 0 Å². The van der Waals surface area contributed by atoms with Crippen LogP contribution in [0, 0.1) is 0 Å². The molecule has 1 atom stereocenters. The van der Waals surface area contributed by atoms with Gasteiger partial charge in [-0.25, -0.2) is 4.98 Å². The van der Waals surface area contributed by atoms with Crippen LogP contribution < -0.4 is 4.90 Å². The van der Waals surface area contributed by atoms with Crippen LogP contribution >= 0.6 is 11.5 Å². The Bertz CT molecular complexity index is 476. The summed E-state index contributed by atoms with van der Waals surface area (Å²) in [5.41, 5.74) is 0.